The Hall–Kier alpha value is -2.58. The van der Waals surface area contributed by atoms with Crippen LogP contribution in [0.2, 0.25) is 0 Å². The average Bonchev–Trinajstić information content (AvgIpc) is 3.47. The van der Waals surface area contributed by atoms with E-state index in [9.17, 15) is 13.2 Å². The van der Waals surface area contributed by atoms with Crippen LogP contribution in [-0.2, 0) is 10.0 Å². The number of benzene rings is 2. The van der Waals surface area contributed by atoms with Gasteiger partial charge in [-0.15, -0.1) is 0 Å². The number of rotatable bonds is 7. The fourth-order valence-corrected chi connectivity index (χ4v) is 6.10. The highest BCUT2D eigenvalue weighted by Crippen LogP contribution is 2.29. The van der Waals surface area contributed by atoms with Crippen LogP contribution in [0, 0.1) is 6.92 Å². The molecule has 1 aliphatic carbocycles. The third-order valence-electron chi connectivity index (χ3n) is 6.29. The number of methoxy groups -OCH3 is 1. The molecular formula is C24H31N3O4S. The van der Waals surface area contributed by atoms with E-state index in [1.807, 2.05) is 25.1 Å². The van der Waals surface area contributed by atoms with Gasteiger partial charge in [0.1, 0.15) is 10.6 Å². The molecule has 1 heterocycles. The van der Waals surface area contributed by atoms with E-state index in [-0.39, 0.29) is 28.2 Å². The van der Waals surface area contributed by atoms with Gasteiger partial charge in [0.25, 0.3) is 5.91 Å². The van der Waals surface area contributed by atoms with Crippen LogP contribution in [0.1, 0.15) is 54.4 Å². The molecule has 1 amide bonds. The normalized spacial score (nSPS) is 17.0. The van der Waals surface area contributed by atoms with Crippen molar-refractivity contribution in [3.63, 3.8) is 0 Å². The lowest BCUT2D eigenvalue weighted by Crippen LogP contribution is -2.33. The summed E-state index contributed by atoms with van der Waals surface area (Å²) in [5, 5.41) is 2.89. The molecule has 4 rings (SSSR count). The first kappa shape index (κ1) is 22.6. The second-order valence-electron chi connectivity index (χ2n) is 8.62. The highest BCUT2D eigenvalue weighted by atomic mass is 32.2. The maximum atomic E-state index is 13.0. The summed E-state index contributed by atoms with van der Waals surface area (Å²) in [5.41, 5.74) is 3.23. The zero-order valence-corrected chi connectivity index (χ0v) is 19.5. The lowest BCUT2D eigenvalue weighted by molar-refractivity contribution is 0.102. The topological polar surface area (TPSA) is 87.7 Å². The summed E-state index contributed by atoms with van der Waals surface area (Å²) in [5.74, 6) is -0.142. The Morgan fingerprint density at radius 2 is 1.75 bits per heavy atom. The van der Waals surface area contributed by atoms with Crippen LogP contribution in [0.15, 0.2) is 41.3 Å². The zero-order chi connectivity index (χ0) is 22.7. The quantitative estimate of drug-likeness (QED) is 0.654. The highest BCUT2D eigenvalue weighted by Gasteiger charge is 2.26. The molecule has 0 aromatic heterocycles. The molecule has 32 heavy (non-hydrogen) atoms. The molecule has 7 nitrogen and oxygen atoms in total. The third-order valence-corrected chi connectivity index (χ3v) is 7.84. The summed E-state index contributed by atoms with van der Waals surface area (Å²) in [4.78, 5) is 15.3. The summed E-state index contributed by atoms with van der Waals surface area (Å²) in [6, 6.07) is 10.3. The zero-order valence-electron chi connectivity index (χ0n) is 18.7. The van der Waals surface area contributed by atoms with E-state index < -0.39 is 10.0 Å². The Kier molecular flexibility index (Phi) is 6.71. The molecule has 0 atom stereocenters. The Morgan fingerprint density at radius 1 is 1.03 bits per heavy atom. The largest absolute Gasteiger partial charge is 0.495 e. The SMILES string of the molecule is COc1ccc(C(=O)Nc2ccc(N3CCCC3)c(C)c2)cc1S(=O)(=O)NC1CCCC1. The van der Waals surface area contributed by atoms with Gasteiger partial charge in [-0.2, -0.15) is 0 Å². The predicted octanol–water partition coefficient (Wildman–Crippen LogP) is 4.08. The number of carbonyl (C=O) groups is 1. The van der Waals surface area contributed by atoms with Crippen LogP contribution in [0.25, 0.3) is 0 Å². The molecule has 1 saturated carbocycles. The van der Waals surface area contributed by atoms with E-state index in [0.29, 0.717) is 5.69 Å². The van der Waals surface area contributed by atoms with Gasteiger partial charge in [-0.3, -0.25) is 4.79 Å². The fourth-order valence-electron chi connectivity index (χ4n) is 4.60. The first-order valence-electron chi connectivity index (χ1n) is 11.2. The molecule has 0 unspecified atom stereocenters. The molecule has 8 heteroatoms. The number of hydrogen-bond acceptors (Lipinski definition) is 5. The Bertz CT molecular complexity index is 1090. The van der Waals surface area contributed by atoms with E-state index >= 15 is 0 Å². The van der Waals surface area contributed by atoms with E-state index in [4.69, 9.17) is 4.74 Å². The molecule has 2 N–H and O–H groups in total. The minimum Gasteiger partial charge on any atom is -0.495 e. The van der Waals surface area contributed by atoms with E-state index in [1.54, 1.807) is 6.07 Å². The maximum Gasteiger partial charge on any atom is 0.255 e. The molecule has 2 aromatic carbocycles. The molecule has 0 bridgehead atoms. The number of sulfonamides is 1. The van der Waals surface area contributed by atoms with Crippen molar-refractivity contribution in [3.05, 3.63) is 47.5 Å². The molecule has 0 spiro atoms. The van der Waals surface area contributed by atoms with Crippen molar-refractivity contribution in [1.29, 1.82) is 0 Å². The van der Waals surface area contributed by atoms with E-state index in [1.165, 1.54) is 37.8 Å². The van der Waals surface area contributed by atoms with Crippen molar-refractivity contribution in [3.8, 4) is 5.75 Å². The third kappa shape index (κ3) is 4.91. The van der Waals surface area contributed by atoms with E-state index in [2.05, 4.69) is 14.9 Å². The van der Waals surface area contributed by atoms with Crippen LogP contribution in [-0.4, -0.2) is 40.6 Å². The second-order valence-corrected chi connectivity index (χ2v) is 10.3. The van der Waals surface area contributed by atoms with Gasteiger partial charge in [-0.05, 0) is 74.6 Å². The monoisotopic (exact) mass is 457 g/mol. The summed E-state index contributed by atoms with van der Waals surface area (Å²) in [6.07, 6.45) is 6.10. The predicted molar refractivity (Wildman–Crippen MR) is 126 cm³/mol. The van der Waals surface area contributed by atoms with Crippen molar-refractivity contribution < 1.29 is 17.9 Å². The average molecular weight is 458 g/mol. The molecule has 1 aliphatic heterocycles. The number of amides is 1. The first-order chi connectivity index (χ1) is 15.4. The lowest BCUT2D eigenvalue weighted by atomic mass is 10.1. The van der Waals surface area contributed by atoms with Crippen molar-refractivity contribution in [2.75, 3.05) is 30.4 Å². The van der Waals surface area contributed by atoms with Gasteiger partial charge in [0, 0.05) is 36.1 Å². The van der Waals surface area contributed by atoms with Crippen LogP contribution in [0.3, 0.4) is 0 Å². The van der Waals surface area contributed by atoms with Gasteiger partial charge in [0.05, 0.1) is 7.11 Å². The van der Waals surface area contributed by atoms with Gasteiger partial charge in [-0.1, -0.05) is 12.8 Å². The van der Waals surface area contributed by atoms with Gasteiger partial charge >= 0.3 is 0 Å². The van der Waals surface area contributed by atoms with Crippen molar-refractivity contribution >= 4 is 27.3 Å². The summed E-state index contributed by atoms with van der Waals surface area (Å²) < 4.78 is 34.0. The number of anilines is 2. The molecule has 2 aromatic rings. The van der Waals surface area contributed by atoms with Crippen molar-refractivity contribution in [2.45, 2.75) is 56.4 Å². The number of carbonyl (C=O) groups excluding carboxylic acids is 1. The highest BCUT2D eigenvalue weighted by molar-refractivity contribution is 7.89. The minimum atomic E-state index is -3.80. The first-order valence-corrected chi connectivity index (χ1v) is 12.7. The minimum absolute atomic E-state index is 0.0138. The molecule has 172 valence electrons. The molecular weight excluding hydrogens is 426 g/mol. The molecule has 1 saturated heterocycles. The summed E-state index contributed by atoms with van der Waals surface area (Å²) >= 11 is 0. The smallest absolute Gasteiger partial charge is 0.255 e. The number of hydrogen-bond donors (Lipinski definition) is 2. The fraction of sp³-hybridized carbons (Fsp3) is 0.458. The molecule has 0 radical (unpaired) electrons. The number of aryl methyl sites for hydroxylation is 1. The number of ether oxygens (including phenoxy) is 1. The van der Waals surface area contributed by atoms with Gasteiger partial charge < -0.3 is 15.0 Å². The van der Waals surface area contributed by atoms with Crippen LogP contribution >= 0.6 is 0 Å². The number of nitrogens with one attached hydrogen (secondary N) is 2. The van der Waals surface area contributed by atoms with Crippen LogP contribution in [0.4, 0.5) is 11.4 Å². The standard InChI is InChI=1S/C24H31N3O4S/c1-17-15-20(10-11-21(17)27-13-5-6-14-27)25-24(28)18-9-12-22(31-2)23(16-18)32(29,30)26-19-7-3-4-8-19/h9-12,15-16,19,26H,3-8,13-14H2,1-2H3,(H,25,28). The molecule has 2 aliphatic rings. The van der Waals surface area contributed by atoms with Gasteiger partial charge in [-0.25, -0.2) is 13.1 Å². The second kappa shape index (κ2) is 9.50. The lowest BCUT2D eigenvalue weighted by Gasteiger charge is -2.20. The molecule has 2 fully saturated rings. The Morgan fingerprint density at radius 3 is 2.41 bits per heavy atom. The van der Waals surface area contributed by atoms with E-state index in [0.717, 1.165) is 44.3 Å². The van der Waals surface area contributed by atoms with Crippen LogP contribution < -0.4 is 19.7 Å². The Labute approximate surface area is 190 Å². The van der Waals surface area contributed by atoms with Crippen molar-refractivity contribution in [2.24, 2.45) is 0 Å². The summed E-state index contributed by atoms with van der Waals surface area (Å²) in [6.45, 7) is 4.16. The van der Waals surface area contributed by atoms with Crippen molar-refractivity contribution in [1.82, 2.24) is 4.72 Å². The number of nitrogens with zero attached hydrogens (tertiary/aromatic N) is 1. The van der Waals surface area contributed by atoms with Gasteiger partial charge in [0.2, 0.25) is 10.0 Å². The van der Waals surface area contributed by atoms with Crippen LogP contribution in [0.5, 0.6) is 5.75 Å². The summed E-state index contributed by atoms with van der Waals surface area (Å²) in [7, 11) is -2.37. The maximum absolute atomic E-state index is 13.0. The van der Waals surface area contributed by atoms with Gasteiger partial charge in [0.15, 0.2) is 0 Å². The Balaban J connectivity index is 1.53.